The summed E-state index contributed by atoms with van der Waals surface area (Å²) in [6.07, 6.45) is 15.4. The second kappa shape index (κ2) is 23.7. The van der Waals surface area contributed by atoms with Crippen molar-refractivity contribution < 1.29 is 73.2 Å². The van der Waals surface area contributed by atoms with Crippen LogP contribution in [0.25, 0.3) is 0 Å². The molecule has 0 heterocycles. The van der Waals surface area contributed by atoms with E-state index in [2.05, 4.69) is 61.6 Å². The van der Waals surface area contributed by atoms with E-state index in [9.17, 15) is 24.3 Å². The molecule has 58 heavy (non-hydrogen) atoms. The second-order valence-electron chi connectivity index (χ2n) is 18.3. The number of nitrogens with zero attached hydrogens (tertiary/aromatic N) is 1. The summed E-state index contributed by atoms with van der Waals surface area (Å²) in [5.74, 6) is 2.04. The molecule has 4 rings (SSSR count). The number of aliphatic imine (C=N–C) groups is 1. The molecule has 10 atom stereocenters. The van der Waals surface area contributed by atoms with Crippen molar-refractivity contribution in [2.45, 2.75) is 150 Å². The Morgan fingerprint density at radius 3 is 2.33 bits per heavy atom. The van der Waals surface area contributed by atoms with Gasteiger partial charge in [0.15, 0.2) is 0 Å². The Kier molecular flexibility index (Phi) is 20.5. The fourth-order valence-electron chi connectivity index (χ4n) is 10.8. The van der Waals surface area contributed by atoms with Crippen LogP contribution in [0.3, 0.4) is 0 Å². The summed E-state index contributed by atoms with van der Waals surface area (Å²) in [5, 5.41) is 28.4. The van der Waals surface area contributed by atoms with Crippen LogP contribution in [0.1, 0.15) is 132 Å². The number of fused-ring (bicyclic) bond motifs is 5. The summed E-state index contributed by atoms with van der Waals surface area (Å²) in [4.78, 5) is 51.4. The molecule has 3 amide bonds. The fourth-order valence-corrected chi connectivity index (χ4v) is 10.8. The molecule has 13 nitrogen and oxygen atoms in total. The summed E-state index contributed by atoms with van der Waals surface area (Å²) in [7, 11) is 0. The molecule has 0 aromatic heterocycles. The fraction of sp³-hybridized carbons (Fsp3) is 0.841. The van der Waals surface area contributed by atoms with Crippen molar-refractivity contribution in [1.82, 2.24) is 16.0 Å². The molecule has 0 aromatic rings. The van der Waals surface area contributed by atoms with Gasteiger partial charge in [-0.1, -0.05) is 65.5 Å². The van der Waals surface area contributed by atoms with Gasteiger partial charge in [-0.2, -0.15) is 0 Å². The van der Waals surface area contributed by atoms with E-state index in [-0.39, 0.29) is 67.1 Å². The third kappa shape index (κ3) is 13.9. The van der Waals surface area contributed by atoms with Gasteiger partial charge in [-0.05, 0) is 117 Å². The van der Waals surface area contributed by atoms with Crippen molar-refractivity contribution >= 4 is 29.8 Å². The Balaban J connectivity index is 0.00000900. The molecule has 0 spiro atoms. The van der Waals surface area contributed by atoms with Crippen LogP contribution in [0.4, 0.5) is 4.79 Å². The Hall–Kier alpha value is -2.19. The van der Waals surface area contributed by atoms with Crippen molar-refractivity contribution in [2.75, 3.05) is 39.5 Å². The van der Waals surface area contributed by atoms with Gasteiger partial charge in [0.1, 0.15) is 18.2 Å². The molecule has 4 aliphatic rings. The number of rotatable bonds is 22. The van der Waals surface area contributed by atoms with Crippen molar-refractivity contribution in [3.63, 3.8) is 0 Å². The monoisotopic (exact) mass is 825 g/mol. The molecule has 3 saturated carbocycles. The van der Waals surface area contributed by atoms with Gasteiger partial charge < -0.3 is 45.4 Å². The van der Waals surface area contributed by atoms with Crippen LogP contribution in [-0.4, -0.2) is 92.6 Å². The van der Waals surface area contributed by atoms with Crippen LogP contribution in [0, 0.1) is 46.3 Å². The first kappa shape index (κ1) is 50.2. The SMILES string of the molecule is CC(C)CCC[C@@H](C)[C@H]1CC[C@H]2[C@@H]3CC=C4CC(OC(=O)NCCOCCOCCN=C([O-])CCC(=O)N[C@@H](C)C(=O)N[C@@H](C)C(=O)O)CC[C@]4(C)[C@H]3CC[C@]12C.[Na+]. The number of nitrogens with one attached hydrogen (secondary N) is 3. The smallest absolute Gasteiger partial charge is 0.862 e. The van der Waals surface area contributed by atoms with E-state index in [4.69, 9.17) is 19.3 Å². The average molecular weight is 825 g/mol. The molecule has 4 N–H and O–H groups in total. The van der Waals surface area contributed by atoms with Crippen LogP contribution in [0.2, 0.25) is 0 Å². The molecule has 324 valence electrons. The zero-order valence-corrected chi connectivity index (χ0v) is 38.9. The summed E-state index contributed by atoms with van der Waals surface area (Å²) in [6, 6.07) is -2.03. The van der Waals surface area contributed by atoms with E-state index in [1.165, 1.54) is 70.8 Å². The summed E-state index contributed by atoms with van der Waals surface area (Å²) < 4.78 is 16.9. The number of carbonyl (C=O) groups is 4. The molecule has 3 fully saturated rings. The Morgan fingerprint density at radius 2 is 1.62 bits per heavy atom. The van der Waals surface area contributed by atoms with E-state index < -0.39 is 41.9 Å². The molecule has 0 bridgehead atoms. The van der Waals surface area contributed by atoms with Gasteiger partial charge in [-0.15, -0.1) is 0 Å². The standard InChI is InChI=1S/C44H74N4O9.Na/c1-28(2)9-8-10-29(3)35-13-14-36-34-12-11-32-27-33(17-19-43(32,6)37(34)18-20-44(35,36)7)57-42(54)46-22-24-56-26-25-55-23-21-45-38(49)15-16-39(50)47-30(4)40(51)48-31(5)41(52)53;/h11,28-31,33-37H,8-10,12-27H2,1-7H3,(H,45,49)(H,46,54)(H,47,50)(H,48,51)(H,52,53);/q;+1/p-1/t29-,30+,31+,33?,34+,35-,36+,37+,43+,44-;/m1./s1. The third-order valence-electron chi connectivity index (χ3n) is 14.0. The zero-order chi connectivity index (χ0) is 41.8. The predicted octanol–water partition coefficient (Wildman–Crippen LogP) is 2.79. The first-order valence-corrected chi connectivity index (χ1v) is 21.9. The van der Waals surface area contributed by atoms with Crippen molar-refractivity contribution in [2.24, 2.45) is 51.3 Å². The van der Waals surface area contributed by atoms with E-state index in [1.54, 1.807) is 0 Å². The Labute approximate surface area is 369 Å². The van der Waals surface area contributed by atoms with E-state index in [1.807, 2.05) is 0 Å². The number of alkyl carbamates (subject to hydrolysis) is 1. The first-order chi connectivity index (χ1) is 27.0. The van der Waals surface area contributed by atoms with Gasteiger partial charge in [0.2, 0.25) is 11.8 Å². The maximum Gasteiger partial charge on any atom is 1.00 e. The minimum atomic E-state index is -1.19. The summed E-state index contributed by atoms with van der Waals surface area (Å²) in [5.41, 5.74) is 2.21. The second-order valence-corrected chi connectivity index (χ2v) is 18.3. The van der Waals surface area contributed by atoms with E-state index in [0.29, 0.717) is 31.8 Å². The van der Waals surface area contributed by atoms with E-state index in [0.717, 1.165) is 54.8 Å². The minimum Gasteiger partial charge on any atom is -0.862 e. The molecule has 0 aromatic carbocycles. The van der Waals surface area contributed by atoms with Gasteiger partial charge in [0.25, 0.3) is 0 Å². The molecular formula is C44H73N4NaO9. The van der Waals surface area contributed by atoms with Crippen LogP contribution >= 0.6 is 0 Å². The van der Waals surface area contributed by atoms with Gasteiger partial charge in [-0.3, -0.25) is 14.4 Å². The largest absolute Gasteiger partial charge is 1.00 e. The van der Waals surface area contributed by atoms with Crippen molar-refractivity contribution in [3.8, 4) is 0 Å². The van der Waals surface area contributed by atoms with E-state index >= 15 is 0 Å². The predicted molar refractivity (Wildman–Crippen MR) is 217 cm³/mol. The summed E-state index contributed by atoms with van der Waals surface area (Å²) >= 11 is 0. The maximum absolute atomic E-state index is 12.7. The zero-order valence-electron chi connectivity index (χ0n) is 36.9. The van der Waals surface area contributed by atoms with Gasteiger partial charge in [-0.25, -0.2) is 4.79 Å². The van der Waals surface area contributed by atoms with Gasteiger partial charge in [0, 0.05) is 19.4 Å². The number of amides is 3. The average Bonchev–Trinajstić information content (AvgIpc) is 3.51. The number of carbonyl (C=O) groups excluding carboxylic acids is 3. The number of ether oxygens (including phenoxy) is 3. The van der Waals surface area contributed by atoms with Gasteiger partial charge >= 0.3 is 41.6 Å². The normalized spacial score (nSPS) is 29.3. The molecule has 1 unspecified atom stereocenters. The number of allylic oxidation sites excluding steroid dienone is 1. The Bertz CT molecular complexity index is 1430. The number of hydrogen-bond donors (Lipinski definition) is 4. The number of carboxylic acids is 1. The molecule has 0 aliphatic heterocycles. The Morgan fingerprint density at radius 1 is 0.897 bits per heavy atom. The number of aliphatic carboxylic acids is 1. The van der Waals surface area contributed by atoms with Crippen LogP contribution in [0.5, 0.6) is 0 Å². The van der Waals surface area contributed by atoms with Crippen molar-refractivity contribution in [1.29, 1.82) is 0 Å². The topological polar surface area (TPSA) is 188 Å². The van der Waals surface area contributed by atoms with Gasteiger partial charge in [0.05, 0.1) is 33.0 Å². The molecule has 4 aliphatic carbocycles. The number of carboxylic acid groups (broad SMARTS) is 1. The van der Waals surface area contributed by atoms with Crippen molar-refractivity contribution in [3.05, 3.63) is 11.6 Å². The minimum absolute atomic E-state index is 0. The summed E-state index contributed by atoms with van der Waals surface area (Å²) in [6.45, 7) is 16.7. The molecule has 14 heteroatoms. The number of hydrogen-bond acceptors (Lipinski definition) is 9. The molecular weight excluding hydrogens is 751 g/mol. The molecule has 0 saturated heterocycles. The first-order valence-electron chi connectivity index (χ1n) is 21.9. The quantitative estimate of drug-likeness (QED) is 0.0419. The third-order valence-corrected chi connectivity index (χ3v) is 14.0. The maximum atomic E-state index is 12.7. The van der Waals surface area contributed by atoms with Crippen LogP contribution < -0.4 is 50.6 Å². The van der Waals surface area contributed by atoms with Crippen LogP contribution in [-0.2, 0) is 28.6 Å². The van der Waals surface area contributed by atoms with Crippen LogP contribution in [0.15, 0.2) is 16.6 Å². The molecule has 0 radical (unpaired) electrons.